The van der Waals surface area contributed by atoms with Crippen molar-refractivity contribution >= 4 is 5.82 Å². The summed E-state index contributed by atoms with van der Waals surface area (Å²) in [5, 5.41) is 0. The van der Waals surface area contributed by atoms with Gasteiger partial charge in [-0.05, 0) is 31.2 Å². The Morgan fingerprint density at radius 1 is 1.35 bits per heavy atom. The van der Waals surface area contributed by atoms with E-state index in [4.69, 9.17) is 5.73 Å². The highest BCUT2D eigenvalue weighted by atomic mass is 15.2. The second-order valence-electron chi connectivity index (χ2n) is 5.12. The molecule has 1 aliphatic rings. The molecule has 4 heteroatoms. The van der Waals surface area contributed by atoms with E-state index in [2.05, 4.69) is 34.8 Å². The largest absolute Gasteiger partial charge is 0.356 e. The molecule has 1 saturated heterocycles. The average molecular weight is 234 g/mol. The number of piperidine rings is 1. The van der Waals surface area contributed by atoms with Crippen LogP contribution in [0.3, 0.4) is 0 Å². The number of nitrogens with two attached hydrogens (primary N) is 1. The fraction of sp³-hybridized carbons (Fsp3) is 0.692. The lowest BCUT2D eigenvalue weighted by Crippen LogP contribution is -2.36. The van der Waals surface area contributed by atoms with Crippen LogP contribution >= 0.6 is 0 Å². The number of aromatic nitrogens is 2. The van der Waals surface area contributed by atoms with E-state index in [0.717, 1.165) is 31.1 Å². The van der Waals surface area contributed by atoms with E-state index < -0.39 is 0 Å². The summed E-state index contributed by atoms with van der Waals surface area (Å²) < 4.78 is 0. The summed E-state index contributed by atoms with van der Waals surface area (Å²) in [6.07, 6.45) is 4.04. The third kappa shape index (κ3) is 2.94. The third-order valence-electron chi connectivity index (χ3n) is 3.54. The van der Waals surface area contributed by atoms with Crippen molar-refractivity contribution in [2.75, 3.05) is 24.5 Å². The normalized spacial score (nSPS) is 17.8. The Hall–Kier alpha value is -1.16. The standard InChI is InChI=1S/C13H22N4/c1-10(2)12-7-13(16-9-15-12)17-5-3-11(8-14)4-6-17/h7,9-11H,3-6,8,14H2,1-2H3. The molecule has 0 saturated carbocycles. The zero-order chi connectivity index (χ0) is 12.3. The summed E-state index contributed by atoms with van der Waals surface area (Å²) in [4.78, 5) is 11.0. The first-order valence-corrected chi connectivity index (χ1v) is 6.47. The van der Waals surface area contributed by atoms with Gasteiger partial charge in [-0.2, -0.15) is 0 Å². The van der Waals surface area contributed by atoms with Crippen LogP contribution in [0.5, 0.6) is 0 Å². The van der Waals surface area contributed by atoms with Crippen LogP contribution in [0.25, 0.3) is 0 Å². The molecule has 0 radical (unpaired) electrons. The topological polar surface area (TPSA) is 55.0 Å². The summed E-state index contributed by atoms with van der Waals surface area (Å²) in [6.45, 7) is 7.27. The van der Waals surface area contributed by atoms with Gasteiger partial charge in [0, 0.05) is 24.8 Å². The SMILES string of the molecule is CC(C)c1cc(N2CCC(CN)CC2)ncn1. The molecule has 1 fully saturated rings. The maximum absolute atomic E-state index is 5.71. The molecular formula is C13H22N4. The van der Waals surface area contributed by atoms with Gasteiger partial charge in [0.1, 0.15) is 12.1 Å². The monoisotopic (exact) mass is 234 g/mol. The van der Waals surface area contributed by atoms with Crippen molar-refractivity contribution < 1.29 is 0 Å². The van der Waals surface area contributed by atoms with Crippen LogP contribution in [-0.4, -0.2) is 29.6 Å². The van der Waals surface area contributed by atoms with E-state index in [-0.39, 0.29) is 0 Å². The summed E-state index contributed by atoms with van der Waals surface area (Å²) >= 11 is 0. The average Bonchev–Trinajstić information content (AvgIpc) is 2.39. The smallest absolute Gasteiger partial charge is 0.132 e. The first kappa shape index (κ1) is 12.3. The maximum Gasteiger partial charge on any atom is 0.132 e. The Labute approximate surface area is 103 Å². The number of rotatable bonds is 3. The van der Waals surface area contributed by atoms with Crippen molar-refractivity contribution in [1.82, 2.24) is 9.97 Å². The summed E-state index contributed by atoms with van der Waals surface area (Å²) in [6, 6.07) is 2.12. The molecule has 2 N–H and O–H groups in total. The van der Waals surface area contributed by atoms with Crippen molar-refractivity contribution in [3.63, 3.8) is 0 Å². The van der Waals surface area contributed by atoms with Crippen LogP contribution in [0.15, 0.2) is 12.4 Å². The molecular weight excluding hydrogens is 212 g/mol. The van der Waals surface area contributed by atoms with Crippen LogP contribution in [0.4, 0.5) is 5.82 Å². The molecule has 0 spiro atoms. The predicted octanol–water partition coefficient (Wildman–Crippen LogP) is 1.78. The zero-order valence-corrected chi connectivity index (χ0v) is 10.8. The molecule has 17 heavy (non-hydrogen) atoms. The van der Waals surface area contributed by atoms with Gasteiger partial charge in [0.05, 0.1) is 0 Å². The van der Waals surface area contributed by atoms with Gasteiger partial charge in [-0.15, -0.1) is 0 Å². The number of hydrogen-bond donors (Lipinski definition) is 1. The number of nitrogens with zero attached hydrogens (tertiary/aromatic N) is 3. The molecule has 4 nitrogen and oxygen atoms in total. The molecule has 0 bridgehead atoms. The predicted molar refractivity (Wildman–Crippen MR) is 70.1 cm³/mol. The second kappa shape index (κ2) is 5.45. The van der Waals surface area contributed by atoms with E-state index in [1.54, 1.807) is 6.33 Å². The molecule has 0 aromatic carbocycles. The van der Waals surface area contributed by atoms with Crippen molar-refractivity contribution in [3.05, 3.63) is 18.1 Å². The fourth-order valence-electron chi connectivity index (χ4n) is 2.25. The molecule has 1 aliphatic heterocycles. The molecule has 0 unspecified atom stereocenters. The van der Waals surface area contributed by atoms with Crippen LogP contribution < -0.4 is 10.6 Å². The van der Waals surface area contributed by atoms with E-state index in [1.165, 1.54) is 12.8 Å². The van der Waals surface area contributed by atoms with E-state index in [1.807, 2.05) is 0 Å². The van der Waals surface area contributed by atoms with Crippen molar-refractivity contribution in [2.45, 2.75) is 32.6 Å². The number of anilines is 1. The van der Waals surface area contributed by atoms with E-state index >= 15 is 0 Å². The first-order valence-electron chi connectivity index (χ1n) is 6.47. The van der Waals surface area contributed by atoms with Gasteiger partial charge in [0.25, 0.3) is 0 Å². The lowest BCUT2D eigenvalue weighted by Gasteiger charge is -2.32. The summed E-state index contributed by atoms with van der Waals surface area (Å²) in [5.41, 5.74) is 6.83. The van der Waals surface area contributed by atoms with Crippen LogP contribution in [-0.2, 0) is 0 Å². The molecule has 2 rings (SSSR count). The van der Waals surface area contributed by atoms with Gasteiger partial charge in [-0.3, -0.25) is 0 Å². The molecule has 0 amide bonds. The van der Waals surface area contributed by atoms with Crippen molar-refractivity contribution in [1.29, 1.82) is 0 Å². The Morgan fingerprint density at radius 3 is 2.65 bits per heavy atom. The highest BCUT2D eigenvalue weighted by Gasteiger charge is 2.19. The van der Waals surface area contributed by atoms with Crippen molar-refractivity contribution in [2.24, 2.45) is 11.7 Å². The summed E-state index contributed by atoms with van der Waals surface area (Å²) in [5.74, 6) is 2.22. The van der Waals surface area contributed by atoms with Gasteiger partial charge >= 0.3 is 0 Å². The highest BCUT2D eigenvalue weighted by Crippen LogP contribution is 2.22. The zero-order valence-electron chi connectivity index (χ0n) is 10.8. The van der Waals surface area contributed by atoms with Crippen molar-refractivity contribution in [3.8, 4) is 0 Å². The quantitative estimate of drug-likeness (QED) is 0.866. The Morgan fingerprint density at radius 2 is 2.06 bits per heavy atom. The minimum absolute atomic E-state index is 0.457. The molecule has 94 valence electrons. The lowest BCUT2D eigenvalue weighted by molar-refractivity contribution is 0.413. The van der Waals surface area contributed by atoms with Crippen LogP contribution in [0, 0.1) is 5.92 Å². The minimum Gasteiger partial charge on any atom is -0.356 e. The van der Waals surface area contributed by atoms with Crippen LogP contribution in [0.2, 0.25) is 0 Å². The molecule has 1 aromatic heterocycles. The Balaban J connectivity index is 2.05. The first-order chi connectivity index (χ1) is 8.20. The van der Waals surface area contributed by atoms with Crippen LogP contribution in [0.1, 0.15) is 38.3 Å². The van der Waals surface area contributed by atoms with E-state index in [0.29, 0.717) is 11.8 Å². The minimum atomic E-state index is 0.457. The molecule has 0 aliphatic carbocycles. The molecule has 1 aromatic rings. The van der Waals surface area contributed by atoms with Gasteiger partial charge < -0.3 is 10.6 Å². The third-order valence-corrected chi connectivity index (χ3v) is 3.54. The van der Waals surface area contributed by atoms with Gasteiger partial charge in [0.15, 0.2) is 0 Å². The molecule has 2 heterocycles. The molecule has 0 atom stereocenters. The van der Waals surface area contributed by atoms with E-state index in [9.17, 15) is 0 Å². The Kier molecular flexibility index (Phi) is 3.94. The fourth-order valence-corrected chi connectivity index (χ4v) is 2.25. The van der Waals surface area contributed by atoms with Gasteiger partial charge in [-0.1, -0.05) is 13.8 Å². The number of hydrogen-bond acceptors (Lipinski definition) is 4. The lowest BCUT2D eigenvalue weighted by atomic mass is 9.97. The second-order valence-corrected chi connectivity index (χ2v) is 5.12. The summed E-state index contributed by atoms with van der Waals surface area (Å²) in [7, 11) is 0. The van der Waals surface area contributed by atoms with Gasteiger partial charge in [-0.25, -0.2) is 9.97 Å². The Bertz CT molecular complexity index is 356. The highest BCUT2D eigenvalue weighted by molar-refractivity contribution is 5.39. The van der Waals surface area contributed by atoms with Gasteiger partial charge in [0.2, 0.25) is 0 Å². The maximum atomic E-state index is 5.71.